The van der Waals surface area contributed by atoms with E-state index in [2.05, 4.69) is 21.2 Å². The van der Waals surface area contributed by atoms with Crippen LogP contribution in [0.4, 0.5) is 5.69 Å². The number of nitrogens with one attached hydrogen (secondary N) is 1. The molecule has 36 heavy (non-hydrogen) atoms. The van der Waals surface area contributed by atoms with Gasteiger partial charge in [-0.25, -0.2) is 8.42 Å². The van der Waals surface area contributed by atoms with Crippen molar-refractivity contribution in [2.45, 2.75) is 57.7 Å². The second kappa shape index (κ2) is 12.6. The Bertz CT molecular complexity index is 1210. The smallest absolute Gasteiger partial charge is 0.244 e. The molecule has 2 aromatic carbocycles. The summed E-state index contributed by atoms with van der Waals surface area (Å²) in [4.78, 5) is 28.5. The molecule has 1 aliphatic rings. The average Bonchev–Trinajstić information content (AvgIpc) is 3.30. The van der Waals surface area contributed by atoms with E-state index in [0.717, 1.165) is 36.2 Å². The van der Waals surface area contributed by atoms with Crippen LogP contribution >= 0.6 is 39.1 Å². The standard InChI is InChI=1S/C25H30BrCl2N3O4S/c1-3-23(25(33)29-20-8-4-5-9-20)30(15-17-11-12-19(27)14-22(17)28)24(32)16-31(36(2,34)35)21-10-6-7-18(26)13-21/h6-7,10-14,20,23H,3-5,8-9,15-16H2,1-2H3,(H,29,33)/t23-/m0/s1. The minimum Gasteiger partial charge on any atom is -0.352 e. The molecule has 0 aliphatic heterocycles. The lowest BCUT2D eigenvalue weighted by Crippen LogP contribution is -2.53. The first kappa shape index (κ1) is 28.8. The maximum absolute atomic E-state index is 13.7. The van der Waals surface area contributed by atoms with Crippen molar-refractivity contribution in [1.29, 1.82) is 0 Å². The zero-order valence-corrected chi connectivity index (χ0v) is 24.1. The molecule has 0 spiro atoms. The number of hydrogen-bond acceptors (Lipinski definition) is 4. The minimum absolute atomic E-state index is 0.0293. The summed E-state index contributed by atoms with van der Waals surface area (Å²) < 4.78 is 27.1. The van der Waals surface area contributed by atoms with E-state index < -0.39 is 28.5 Å². The maximum atomic E-state index is 13.7. The van der Waals surface area contributed by atoms with Crippen molar-refractivity contribution in [3.05, 3.63) is 62.5 Å². The van der Waals surface area contributed by atoms with Crippen LogP contribution in [-0.2, 0) is 26.2 Å². The number of nitrogens with zero attached hydrogens (tertiary/aromatic N) is 2. The van der Waals surface area contributed by atoms with Gasteiger partial charge in [0, 0.05) is 27.1 Å². The molecule has 7 nitrogen and oxygen atoms in total. The van der Waals surface area contributed by atoms with Crippen molar-refractivity contribution in [2.24, 2.45) is 0 Å². The molecule has 0 aromatic heterocycles. The maximum Gasteiger partial charge on any atom is 0.244 e. The van der Waals surface area contributed by atoms with Crippen LogP contribution in [0.1, 0.15) is 44.6 Å². The summed E-state index contributed by atoms with van der Waals surface area (Å²) in [5.41, 5.74) is 0.947. The Morgan fingerprint density at radius 3 is 2.42 bits per heavy atom. The zero-order chi connectivity index (χ0) is 26.5. The molecular formula is C25H30BrCl2N3O4S. The van der Waals surface area contributed by atoms with E-state index in [1.807, 2.05) is 6.92 Å². The van der Waals surface area contributed by atoms with Crippen LogP contribution in [0.3, 0.4) is 0 Å². The molecule has 1 aliphatic carbocycles. The van der Waals surface area contributed by atoms with Gasteiger partial charge >= 0.3 is 0 Å². The number of carbonyl (C=O) groups is 2. The van der Waals surface area contributed by atoms with Gasteiger partial charge < -0.3 is 10.2 Å². The Kier molecular flexibility index (Phi) is 10.1. The highest BCUT2D eigenvalue weighted by Gasteiger charge is 2.33. The van der Waals surface area contributed by atoms with Gasteiger partial charge in [0.15, 0.2) is 0 Å². The van der Waals surface area contributed by atoms with E-state index in [1.54, 1.807) is 42.5 Å². The largest absolute Gasteiger partial charge is 0.352 e. The second-order valence-electron chi connectivity index (χ2n) is 8.92. The van der Waals surface area contributed by atoms with E-state index in [0.29, 0.717) is 32.2 Å². The Morgan fingerprint density at radius 2 is 1.83 bits per heavy atom. The molecule has 1 atom stereocenters. The van der Waals surface area contributed by atoms with Gasteiger partial charge in [-0.1, -0.05) is 71.0 Å². The van der Waals surface area contributed by atoms with Crippen molar-refractivity contribution in [1.82, 2.24) is 10.2 Å². The molecule has 0 saturated heterocycles. The highest BCUT2D eigenvalue weighted by Crippen LogP contribution is 2.26. The fraction of sp³-hybridized carbons (Fsp3) is 0.440. The van der Waals surface area contributed by atoms with Crippen molar-refractivity contribution >= 4 is 66.7 Å². The van der Waals surface area contributed by atoms with Crippen LogP contribution in [0, 0.1) is 0 Å². The molecule has 11 heteroatoms. The number of amides is 2. The normalized spacial score (nSPS) is 14.9. The van der Waals surface area contributed by atoms with E-state index in [9.17, 15) is 18.0 Å². The molecule has 0 radical (unpaired) electrons. The van der Waals surface area contributed by atoms with E-state index >= 15 is 0 Å². The molecule has 1 saturated carbocycles. The van der Waals surface area contributed by atoms with Gasteiger partial charge in [0.25, 0.3) is 0 Å². The highest BCUT2D eigenvalue weighted by atomic mass is 79.9. The summed E-state index contributed by atoms with van der Waals surface area (Å²) in [6.07, 6.45) is 5.33. The van der Waals surface area contributed by atoms with Gasteiger partial charge in [-0.3, -0.25) is 13.9 Å². The zero-order valence-electron chi connectivity index (χ0n) is 20.2. The summed E-state index contributed by atoms with van der Waals surface area (Å²) in [5, 5.41) is 3.88. The van der Waals surface area contributed by atoms with Gasteiger partial charge in [0.05, 0.1) is 11.9 Å². The van der Waals surface area contributed by atoms with Crippen molar-refractivity contribution in [3.8, 4) is 0 Å². The number of benzene rings is 2. The highest BCUT2D eigenvalue weighted by molar-refractivity contribution is 9.10. The summed E-state index contributed by atoms with van der Waals surface area (Å²) >= 11 is 15.8. The first-order valence-corrected chi connectivity index (χ1v) is 15.2. The number of carbonyl (C=O) groups excluding carboxylic acids is 2. The number of rotatable bonds is 10. The molecule has 0 heterocycles. The Balaban J connectivity index is 1.95. The van der Waals surface area contributed by atoms with Crippen molar-refractivity contribution < 1.29 is 18.0 Å². The predicted molar refractivity (Wildman–Crippen MR) is 148 cm³/mol. The van der Waals surface area contributed by atoms with Gasteiger partial charge in [0.2, 0.25) is 21.8 Å². The fourth-order valence-corrected chi connectivity index (χ4v) is 6.06. The molecule has 2 aromatic rings. The lowest BCUT2D eigenvalue weighted by atomic mass is 10.1. The third-order valence-electron chi connectivity index (χ3n) is 6.22. The van der Waals surface area contributed by atoms with Crippen LogP contribution in [0.25, 0.3) is 0 Å². The molecule has 196 valence electrons. The van der Waals surface area contributed by atoms with Crippen LogP contribution in [-0.4, -0.2) is 50.0 Å². The third-order valence-corrected chi connectivity index (χ3v) is 8.44. The van der Waals surface area contributed by atoms with Gasteiger partial charge in [-0.15, -0.1) is 0 Å². The number of anilines is 1. The monoisotopic (exact) mass is 617 g/mol. The fourth-order valence-electron chi connectivity index (χ4n) is 4.37. The van der Waals surface area contributed by atoms with Crippen LogP contribution in [0.5, 0.6) is 0 Å². The van der Waals surface area contributed by atoms with Crippen molar-refractivity contribution in [2.75, 3.05) is 17.1 Å². The summed E-state index contributed by atoms with van der Waals surface area (Å²) in [6.45, 7) is 1.39. The first-order chi connectivity index (χ1) is 17.0. The lowest BCUT2D eigenvalue weighted by Gasteiger charge is -2.33. The minimum atomic E-state index is -3.80. The number of halogens is 3. The van der Waals surface area contributed by atoms with Gasteiger partial charge in [-0.05, 0) is 55.2 Å². The molecule has 0 unspecified atom stereocenters. The average molecular weight is 619 g/mol. The summed E-state index contributed by atoms with van der Waals surface area (Å²) in [6, 6.07) is 10.9. The van der Waals surface area contributed by atoms with Crippen LogP contribution < -0.4 is 9.62 Å². The molecule has 1 fully saturated rings. The van der Waals surface area contributed by atoms with Crippen LogP contribution in [0.2, 0.25) is 10.0 Å². The van der Waals surface area contributed by atoms with E-state index in [1.165, 1.54) is 4.90 Å². The SMILES string of the molecule is CC[C@@H](C(=O)NC1CCCC1)N(Cc1ccc(Cl)cc1Cl)C(=O)CN(c1cccc(Br)c1)S(C)(=O)=O. The van der Waals surface area contributed by atoms with E-state index in [4.69, 9.17) is 23.2 Å². The quantitative estimate of drug-likeness (QED) is 0.387. The van der Waals surface area contributed by atoms with Gasteiger partial charge in [-0.2, -0.15) is 0 Å². The predicted octanol–water partition coefficient (Wildman–Crippen LogP) is 5.39. The summed E-state index contributed by atoms with van der Waals surface area (Å²) in [5.74, 6) is -0.768. The number of hydrogen-bond donors (Lipinski definition) is 1. The molecule has 0 bridgehead atoms. The lowest BCUT2D eigenvalue weighted by molar-refractivity contribution is -0.140. The molecule has 3 rings (SSSR count). The molecule has 2 amide bonds. The van der Waals surface area contributed by atoms with E-state index in [-0.39, 0.29) is 18.5 Å². The first-order valence-electron chi connectivity index (χ1n) is 11.8. The molecule has 1 N–H and O–H groups in total. The Hall–Kier alpha value is -1.81. The topological polar surface area (TPSA) is 86.8 Å². The Morgan fingerprint density at radius 1 is 1.14 bits per heavy atom. The summed E-state index contributed by atoms with van der Waals surface area (Å²) in [7, 11) is -3.80. The van der Waals surface area contributed by atoms with Crippen molar-refractivity contribution in [3.63, 3.8) is 0 Å². The molecular weight excluding hydrogens is 589 g/mol. The third kappa shape index (κ3) is 7.60. The van der Waals surface area contributed by atoms with Gasteiger partial charge in [0.1, 0.15) is 12.6 Å². The number of sulfonamides is 1. The Labute approximate surface area is 231 Å². The second-order valence-corrected chi connectivity index (χ2v) is 12.6. The van der Waals surface area contributed by atoms with Crippen LogP contribution in [0.15, 0.2) is 46.9 Å².